The van der Waals surface area contributed by atoms with E-state index in [1.165, 1.54) is 45.0 Å². The predicted octanol–water partition coefficient (Wildman–Crippen LogP) is 8.76. The van der Waals surface area contributed by atoms with Crippen molar-refractivity contribution in [2.24, 2.45) is 0 Å². The number of alkyl halides is 3. The second-order valence-corrected chi connectivity index (χ2v) is 17.2. The van der Waals surface area contributed by atoms with Crippen LogP contribution >= 0.6 is 0 Å². The number of aromatic hydroxyl groups is 3. The average molecular weight is 1050 g/mol. The topological polar surface area (TPSA) is 266 Å². The molecule has 3 heterocycles. The molecule has 2 aliphatic carbocycles. The van der Waals surface area contributed by atoms with Gasteiger partial charge < -0.3 is 30.3 Å². The molecular formula is C54H63F3N6O12. The Bertz CT molecular complexity index is 3040. The van der Waals surface area contributed by atoms with Gasteiger partial charge in [0.1, 0.15) is 0 Å². The summed E-state index contributed by atoms with van der Waals surface area (Å²) < 4.78 is 46.6. The molecule has 0 unspecified atom stereocenters. The summed E-state index contributed by atoms with van der Waals surface area (Å²) in [4.78, 5) is 68.9. The Balaban J connectivity index is 0.000000236. The van der Waals surface area contributed by atoms with E-state index in [1.54, 1.807) is 6.92 Å². The van der Waals surface area contributed by atoms with Crippen molar-refractivity contribution in [2.75, 3.05) is 6.61 Å². The summed E-state index contributed by atoms with van der Waals surface area (Å²) in [5.41, 5.74) is -3.04. The molecule has 3 aromatic carbocycles. The molecule has 0 bridgehead atoms. The van der Waals surface area contributed by atoms with Crippen LogP contribution in [0.1, 0.15) is 140 Å². The largest absolute Gasteiger partial charge is 0.503 e. The van der Waals surface area contributed by atoms with Crippen molar-refractivity contribution in [3.63, 3.8) is 0 Å². The van der Waals surface area contributed by atoms with Gasteiger partial charge in [0.15, 0.2) is 17.2 Å². The number of esters is 1. The summed E-state index contributed by atoms with van der Waals surface area (Å²) in [6.45, 7) is 10.7. The Morgan fingerprint density at radius 1 is 0.587 bits per heavy atom. The number of carboxylic acid groups (broad SMARTS) is 2. The van der Waals surface area contributed by atoms with E-state index < -0.39 is 74.6 Å². The molecule has 2 saturated carbocycles. The van der Waals surface area contributed by atoms with Crippen LogP contribution in [0.15, 0.2) is 118 Å². The number of carbonyl (C=O) groups excluding carboxylic acids is 1. The van der Waals surface area contributed by atoms with Crippen LogP contribution in [0.4, 0.5) is 13.2 Å². The Hall–Kier alpha value is -8.10. The van der Waals surface area contributed by atoms with Crippen molar-refractivity contribution in [3.05, 3.63) is 174 Å². The molecule has 18 nitrogen and oxygen atoms in total. The molecule has 8 rings (SSSR count). The Morgan fingerprint density at radius 3 is 1.37 bits per heavy atom. The number of nitrogens with zero attached hydrogens (tertiary/aromatic N) is 6. The molecule has 75 heavy (non-hydrogen) atoms. The molecule has 402 valence electrons. The zero-order chi connectivity index (χ0) is 55.5. The second kappa shape index (κ2) is 27.3. The van der Waals surface area contributed by atoms with Crippen LogP contribution in [0.5, 0.6) is 17.2 Å². The summed E-state index contributed by atoms with van der Waals surface area (Å²) >= 11 is 0. The molecule has 0 spiro atoms. The smallest absolute Gasteiger partial charge is 0.416 e. The molecule has 0 amide bonds. The number of hydrogen-bond acceptors (Lipinski definition) is 13. The highest BCUT2D eigenvalue weighted by atomic mass is 19.4. The van der Waals surface area contributed by atoms with Gasteiger partial charge in [0.05, 0.1) is 43.9 Å². The minimum atomic E-state index is -4.46. The molecule has 0 aliphatic heterocycles. The normalized spacial score (nSPS) is 14.0. The summed E-state index contributed by atoms with van der Waals surface area (Å²) in [6.07, 6.45) is 7.45. The number of carbonyl (C=O) groups is 3. The summed E-state index contributed by atoms with van der Waals surface area (Å²) in [7, 11) is 0. The van der Waals surface area contributed by atoms with Crippen molar-refractivity contribution < 1.29 is 57.8 Å². The first-order valence-corrected chi connectivity index (χ1v) is 24.6. The zero-order valence-electron chi connectivity index (χ0n) is 42.4. The number of rotatable bonds is 13. The van der Waals surface area contributed by atoms with Crippen LogP contribution in [0.3, 0.4) is 0 Å². The fourth-order valence-electron chi connectivity index (χ4n) is 8.99. The minimum absolute atomic E-state index is 0.00453. The lowest BCUT2D eigenvalue weighted by atomic mass is 9.79. The molecule has 6 aromatic rings. The Labute approximate surface area is 430 Å². The SMILES string of the molecule is CC.CC.CCOC(=O)c1nn(CC2(c3ccccc3)CCCC2)cc(O)c1=O.O=C(O)c1nn(CC2(c3ccccc3)CCCC2)cc(O)c1=O.O=C(O)c1nn(CCc2cccc(C(F)(F)F)c2)cc(O)c1=O. The minimum Gasteiger partial charge on any atom is -0.503 e. The van der Waals surface area contributed by atoms with Gasteiger partial charge in [-0.3, -0.25) is 28.4 Å². The van der Waals surface area contributed by atoms with E-state index in [1.807, 2.05) is 64.1 Å². The van der Waals surface area contributed by atoms with Gasteiger partial charge in [0.25, 0.3) is 16.3 Å². The van der Waals surface area contributed by atoms with E-state index in [0.717, 1.165) is 74.4 Å². The van der Waals surface area contributed by atoms with E-state index in [2.05, 4.69) is 39.6 Å². The molecular weight excluding hydrogens is 982 g/mol. The second-order valence-electron chi connectivity index (χ2n) is 17.2. The third kappa shape index (κ3) is 15.5. The van der Waals surface area contributed by atoms with Crippen molar-refractivity contribution in [2.45, 2.75) is 129 Å². The van der Waals surface area contributed by atoms with E-state index >= 15 is 0 Å². The number of aryl methyl sites for hydroxylation is 2. The standard InChI is InChI=1S/C19H22N2O4.C17H18N2O4.C14H11F3N2O4.2C2H6/c1-2-25-18(24)16-17(23)15(22)12-21(20-16)13-19(10-6-7-11-19)14-8-4-3-5-9-14;20-13-10-19(18-14(15(13)21)16(22)23)11-17(8-4-5-9-17)12-6-2-1-3-7-12;15-14(16,17)9-3-1-2-8(6-9)4-5-19-7-10(20)12(21)11(18-19)13(22)23;2*1-2/h3-5,8-9,12,22H,2,6-7,10-11,13H2,1H3;1-3,6-7,10,20H,4-5,8-9,11H2,(H,22,23);1-3,6-7,20H,4-5H2,(H,22,23);2*1-2H3. The van der Waals surface area contributed by atoms with E-state index in [4.69, 9.17) is 14.9 Å². The van der Waals surface area contributed by atoms with Gasteiger partial charge in [-0.05, 0) is 61.8 Å². The van der Waals surface area contributed by atoms with Gasteiger partial charge in [0.2, 0.25) is 17.1 Å². The number of benzene rings is 3. The number of aromatic carboxylic acids is 2. The lowest BCUT2D eigenvalue weighted by molar-refractivity contribution is -0.137. The first-order chi connectivity index (χ1) is 35.8. The molecule has 0 radical (unpaired) electrons. The highest BCUT2D eigenvalue weighted by molar-refractivity contribution is 5.87. The monoisotopic (exact) mass is 1040 g/mol. The Morgan fingerprint density at radius 2 is 0.973 bits per heavy atom. The fourth-order valence-corrected chi connectivity index (χ4v) is 8.99. The summed E-state index contributed by atoms with van der Waals surface area (Å²) in [6, 6.07) is 24.9. The lowest BCUT2D eigenvalue weighted by Crippen LogP contribution is -2.32. The van der Waals surface area contributed by atoms with Crippen LogP contribution in [0, 0.1) is 0 Å². The van der Waals surface area contributed by atoms with Gasteiger partial charge in [-0.2, -0.15) is 28.5 Å². The first kappa shape index (κ1) is 59.5. The van der Waals surface area contributed by atoms with Gasteiger partial charge >= 0.3 is 24.1 Å². The van der Waals surface area contributed by atoms with Crippen LogP contribution in [-0.4, -0.2) is 79.4 Å². The average Bonchev–Trinajstić information content (AvgIpc) is 4.09. The predicted molar refractivity (Wildman–Crippen MR) is 271 cm³/mol. The third-order valence-electron chi connectivity index (χ3n) is 12.4. The number of aromatic nitrogens is 6. The van der Waals surface area contributed by atoms with Gasteiger partial charge in [-0.25, -0.2) is 14.4 Å². The highest BCUT2D eigenvalue weighted by Gasteiger charge is 2.38. The van der Waals surface area contributed by atoms with Crippen LogP contribution in [-0.2, 0) is 47.8 Å². The van der Waals surface area contributed by atoms with Crippen molar-refractivity contribution in [1.29, 1.82) is 0 Å². The highest BCUT2D eigenvalue weighted by Crippen LogP contribution is 2.43. The number of halogens is 3. The van der Waals surface area contributed by atoms with Crippen molar-refractivity contribution in [1.82, 2.24) is 29.3 Å². The van der Waals surface area contributed by atoms with Crippen molar-refractivity contribution >= 4 is 17.9 Å². The van der Waals surface area contributed by atoms with E-state index in [-0.39, 0.29) is 36.1 Å². The maximum atomic E-state index is 12.6. The molecule has 2 fully saturated rings. The molecule has 0 saturated heterocycles. The van der Waals surface area contributed by atoms with Gasteiger partial charge in [0, 0.05) is 17.4 Å². The molecule has 21 heteroatoms. The van der Waals surface area contributed by atoms with Gasteiger partial charge in [-0.15, -0.1) is 0 Å². The third-order valence-corrected chi connectivity index (χ3v) is 12.4. The molecule has 2 aliphatic rings. The first-order valence-electron chi connectivity index (χ1n) is 24.6. The molecule has 5 N–H and O–H groups in total. The van der Waals surface area contributed by atoms with E-state index in [9.17, 15) is 57.3 Å². The number of hydrogen-bond donors (Lipinski definition) is 5. The van der Waals surface area contributed by atoms with E-state index in [0.29, 0.717) is 18.7 Å². The number of carboxylic acids is 2. The number of ether oxygens (including phenoxy) is 1. The summed E-state index contributed by atoms with van der Waals surface area (Å²) in [5.74, 6) is -5.70. The molecule has 3 aromatic heterocycles. The van der Waals surface area contributed by atoms with Crippen LogP contribution in [0.2, 0.25) is 0 Å². The fraction of sp³-hybridized carbons (Fsp3) is 0.389. The zero-order valence-corrected chi connectivity index (χ0v) is 42.4. The van der Waals surface area contributed by atoms with Crippen LogP contribution < -0.4 is 16.3 Å². The lowest BCUT2D eigenvalue weighted by Gasteiger charge is -2.30. The van der Waals surface area contributed by atoms with Crippen LogP contribution in [0.25, 0.3) is 0 Å². The quantitative estimate of drug-likeness (QED) is 0.0677. The summed E-state index contributed by atoms with van der Waals surface area (Å²) in [5, 5.41) is 58.6. The molecule has 0 atom stereocenters. The van der Waals surface area contributed by atoms with Crippen molar-refractivity contribution in [3.8, 4) is 17.2 Å². The van der Waals surface area contributed by atoms with Gasteiger partial charge in [-0.1, -0.05) is 132 Å². The Kier molecular flexibility index (Phi) is 21.6. The maximum Gasteiger partial charge on any atom is 0.416 e. The maximum absolute atomic E-state index is 12.6.